The molecule has 8 heteroatoms. The Balaban J connectivity index is 1.44. The summed E-state index contributed by atoms with van der Waals surface area (Å²) in [6, 6.07) is 13.8. The van der Waals surface area contributed by atoms with Crippen LogP contribution in [0.1, 0.15) is 27.0 Å². The topological polar surface area (TPSA) is 60.2 Å². The van der Waals surface area contributed by atoms with Gasteiger partial charge in [-0.15, -0.1) is 11.3 Å². The summed E-state index contributed by atoms with van der Waals surface area (Å²) in [4.78, 5) is 21.9. The number of rotatable bonds is 4. The number of aryl methyl sites for hydroxylation is 1. The maximum Gasteiger partial charge on any atom is 0.265 e. The molecule has 2 aromatic carbocycles. The molecule has 3 aromatic rings. The average Bonchev–Trinajstić information content (AvgIpc) is 3.17. The molecule has 0 spiro atoms. The van der Waals surface area contributed by atoms with Gasteiger partial charge in [-0.05, 0) is 48.9 Å². The Morgan fingerprint density at radius 3 is 2.19 bits per heavy atom. The van der Waals surface area contributed by atoms with E-state index in [1.165, 1.54) is 35.6 Å². The minimum atomic E-state index is -0.479. The van der Waals surface area contributed by atoms with Crippen LogP contribution in [0.15, 0.2) is 48.5 Å². The van der Waals surface area contributed by atoms with E-state index >= 15 is 0 Å². The van der Waals surface area contributed by atoms with Gasteiger partial charge in [0.2, 0.25) is 0 Å². The van der Waals surface area contributed by atoms with Crippen LogP contribution in [0.5, 0.6) is 0 Å². The number of benzene rings is 2. The average molecular weight is 439 g/mol. The van der Waals surface area contributed by atoms with Crippen molar-refractivity contribution in [3.05, 3.63) is 76.3 Å². The summed E-state index contributed by atoms with van der Waals surface area (Å²) < 4.78 is 26.4. The molecule has 1 fully saturated rings. The fourth-order valence-electron chi connectivity index (χ4n) is 3.65. The molecule has 31 heavy (non-hydrogen) atoms. The minimum absolute atomic E-state index is 0.0849. The van der Waals surface area contributed by atoms with E-state index < -0.39 is 6.04 Å². The second-order valence-corrected chi connectivity index (χ2v) is 8.35. The monoisotopic (exact) mass is 438 g/mol. The van der Waals surface area contributed by atoms with E-state index in [1.807, 2.05) is 4.90 Å². The van der Waals surface area contributed by atoms with Gasteiger partial charge in [0.05, 0.1) is 11.8 Å². The zero-order valence-corrected chi connectivity index (χ0v) is 17.7. The summed E-state index contributed by atoms with van der Waals surface area (Å²) in [5.41, 5.74) is 2.17. The zero-order valence-electron chi connectivity index (χ0n) is 16.9. The number of halogens is 2. The zero-order chi connectivity index (χ0) is 22.0. The van der Waals surface area contributed by atoms with E-state index in [0.717, 1.165) is 11.1 Å². The molecular weight excluding hydrogens is 418 g/mol. The Labute approximate surface area is 183 Å². The quantitative estimate of drug-likeness (QED) is 0.605. The van der Waals surface area contributed by atoms with Crippen LogP contribution in [0.2, 0.25) is 0 Å². The van der Waals surface area contributed by atoms with Gasteiger partial charge < -0.3 is 4.90 Å². The second-order valence-electron chi connectivity index (χ2n) is 7.35. The fraction of sp³-hybridized carbons (Fsp3) is 0.261. The Hall–Kier alpha value is -3.15. The van der Waals surface area contributed by atoms with Gasteiger partial charge in [-0.2, -0.15) is 5.26 Å². The standard InChI is InChI=1S/C23H20F2N4OS/c1-15-21(31-22(27-15)17-4-8-19(25)9-5-17)23(30)29-12-10-28(11-13-29)20(14-26)16-2-6-18(24)7-3-16/h2-9,20H,10-13H2,1H3. The van der Waals surface area contributed by atoms with Crippen molar-refractivity contribution >= 4 is 17.2 Å². The molecule has 0 radical (unpaired) electrons. The summed E-state index contributed by atoms with van der Waals surface area (Å²) >= 11 is 1.30. The lowest BCUT2D eigenvalue weighted by Crippen LogP contribution is -2.49. The van der Waals surface area contributed by atoms with Crippen molar-refractivity contribution in [1.29, 1.82) is 5.26 Å². The highest BCUT2D eigenvalue weighted by Gasteiger charge is 2.29. The fourth-order valence-corrected chi connectivity index (χ4v) is 4.69. The van der Waals surface area contributed by atoms with E-state index in [-0.39, 0.29) is 17.5 Å². The van der Waals surface area contributed by atoms with Crippen molar-refractivity contribution in [2.24, 2.45) is 0 Å². The minimum Gasteiger partial charge on any atom is -0.335 e. The van der Waals surface area contributed by atoms with Crippen LogP contribution in [0, 0.1) is 29.9 Å². The maximum absolute atomic E-state index is 13.2. The molecule has 1 aliphatic rings. The molecular formula is C23H20F2N4OS. The SMILES string of the molecule is Cc1nc(-c2ccc(F)cc2)sc1C(=O)N1CCN(C(C#N)c2ccc(F)cc2)CC1. The molecule has 1 atom stereocenters. The summed E-state index contributed by atoms with van der Waals surface area (Å²) in [6.07, 6.45) is 0. The van der Waals surface area contributed by atoms with Crippen molar-refractivity contribution in [3.63, 3.8) is 0 Å². The Morgan fingerprint density at radius 2 is 1.61 bits per heavy atom. The third-order valence-corrected chi connectivity index (χ3v) is 6.55. The van der Waals surface area contributed by atoms with Gasteiger partial charge in [-0.3, -0.25) is 9.69 Å². The van der Waals surface area contributed by atoms with E-state index in [9.17, 15) is 18.8 Å². The number of nitriles is 1. The first kappa shape index (κ1) is 21.1. The number of thiazole rings is 1. The van der Waals surface area contributed by atoms with Gasteiger partial charge in [0.25, 0.3) is 5.91 Å². The molecule has 4 rings (SSSR count). The molecule has 0 saturated carbocycles. The third kappa shape index (κ3) is 4.48. The molecule has 0 aliphatic carbocycles. The molecule has 0 bridgehead atoms. The van der Waals surface area contributed by atoms with Crippen LogP contribution in [-0.2, 0) is 0 Å². The number of hydrogen-bond acceptors (Lipinski definition) is 5. The van der Waals surface area contributed by atoms with Crippen LogP contribution in [-0.4, -0.2) is 46.9 Å². The smallest absolute Gasteiger partial charge is 0.265 e. The van der Waals surface area contributed by atoms with E-state index in [0.29, 0.717) is 41.8 Å². The van der Waals surface area contributed by atoms with E-state index in [4.69, 9.17) is 0 Å². The lowest BCUT2D eigenvalue weighted by atomic mass is 10.1. The second kappa shape index (κ2) is 8.92. The van der Waals surface area contributed by atoms with Crippen LogP contribution in [0.3, 0.4) is 0 Å². The van der Waals surface area contributed by atoms with E-state index in [1.54, 1.807) is 36.1 Å². The molecule has 1 unspecified atom stereocenters. The van der Waals surface area contributed by atoms with Crippen molar-refractivity contribution < 1.29 is 13.6 Å². The van der Waals surface area contributed by atoms with Crippen LogP contribution in [0.4, 0.5) is 8.78 Å². The number of hydrogen-bond donors (Lipinski definition) is 0. The lowest BCUT2D eigenvalue weighted by Gasteiger charge is -2.36. The number of carbonyl (C=O) groups excluding carboxylic acids is 1. The van der Waals surface area contributed by atoms with Gasteiger partial charge in [0.1, 0.15) is 27.6 Å². The normalized spacial score (nSPS) is 15.5. The predicted molar refractivity (Wildman–Crippen MR) is 114 cm³/mol. The first-order chi connectivity index (χ1) is 15.0. The molecule has 158 valence electrons. The van der Waals surface area contributed by atoms with Gasteiger partial charge in [-0.1, -0.05) is 12.1 Å². The number of carbonyl (C=O) groups is 1. The van der Waals surface area contributed by atoms with Crippen molar-refractivity contribution in [2.75, 3.05) is 26.2 Å². The summed E-state index contributed by atoms with van der Waals surface area (Å²) in [7, 11) is 0. The highest BCUT2D eigenvalue weighted by Crippen LogP contribution is 2.30. The van der Waals surface area contributed by atoms with Gasteiger partial charge in [0.15, 0.2) is 0 Å². The van der Waals surface area contributed by atoms with Crippen molar-refractivity contribution in [2.45, 2.75) is 13.0 Å². The van der Waals surface area contributed by atoms with Gasteiger partial charge in [0, 0.05) is 31.7 Å². The van der Waals surface area contributed by atoms with Crippen molar-refractivity contribution in [3.8, 4) is 16.6 Å². The third-order valence-electron chi connectivity index (χ3n) is 5.36. The molecule has 1 aliphatic heterocycles. The molecule has 1 amide bonds. The molecule has 1 aromatic heterocycles. The van der Waals surface area contributed by atoms with Crippen LogP contribution < -0.4 is 0 Å². The first-order valence-corrected chi connectivity index (χ1v) is 10.7. The molecule has 0 N–H and O–H groups in total. The first-order valence-electron chi connectivity index (χ1n) is 9.88. The van der Waals surface area contributed by atoms with Gasteiger partial charge >= 0.3 is 0 Å². The number of amides is 1. The number of nitrogens with zero attached hydrogens (tertiary/aromatic N) is 4. The summed E-state index contributed by atoms with van der Waals surface area (Å²) in [5.74, 6) is -0.739. The van der Waals surface area contributed by atoms with Crippen LogP contribution >= 0.6 is 11.3 Å². The summed E-state index contributed by atoms with van der Waals surface area (Å²) in [6.45, 7) is 3.87. The number of aromatic nitrogens is 1. The van der Waals surface area contributed by atoms with Gasteiger partial charge in [-0.25, -0.2) is 13.8 Å². The molecule has 1 saturated heterocycles. The Kier molecular flexibility index (Phi) is 6.07. The highest BCUT2D eigenvalue weighted by molar-refractivity contribution is 7.17. The largest absolute Gasteiger partial charge is 0.335 e. The molecule has 5 nitrogen and oxygen atoms in total. The predicted octanol–water partition coefficient (Wildman–Crippen LogP) is 4.42. The molecule has 2 heterocycles. The Morgan fingerprint density at radius 1 is 1.03 bits per heavy atom. The van der Waals surface area contributed by atoms with Crippen molar-refractivity contribution in [1.82, 2.24) is 14.8 Å². The lowest BCUT2D eigenvalue weighted by molar-refractivity contribution is 0.0610. The Bertz CT molecular complexity index is 1110. The number of piperazine rings is 1. The van der Waals surface area contributed by atoms with E-state index in [2.05, 4.69) is 11.1 Å². The summed E-state index contributed by atoms with van der Waals surface area (Å²) in [5, 5.41) is 10.3. The maximum atomic E-state index is 13.2. The highest BCUT2D eigenvalue weighted by atomic mass is 32.1. The van der Waals surface area contributed by atoms with Crippen LogP contribution in [0.25, 0.3) is 10.6 Å².